The van der Waals surface area contributed by atoms with Crippen LogP contribution in [0.1, 0.15) is 18.5 Å². The maximum atomic E-state index is 6.17. The summed E-state index contributed by atoms with van der Waals surface area (Å²) in [5, 5.41) is 1.49. The van der Waals surface area contributed by atoms with Crippen LogP contribution in [0.3, 0.4) is 0 Å². The van der Waals surface area contributed by atoms with Gasteiger partial charge >= 0.3 is 0 Å². The molecule has 106 valence electrons. The number of pyridine rings is 2. The van der Waals surface area contributed by atoms with Crippen LogP contribution in [0.5, 0.6) is 11.6 Å². The number of hydrogen-bond donors (Lipinski definition) is 1. The number of aromatic nitrogens is 2. The third kappa shape index (κ3) is 2.82. The Bertz CT molecular complexity index is 789. The molecule has 2 heterocycles. The van der Waals surface area contributed by atoms with Crippen molar-refractivity contribution >= 4 is 22.5 Å². The van der Waals surface area contributed by atoms with E-state index in [1.807, 2.05) is 31.2 Å². The maximum Gasteiger partial charge on any atom is 0.219 e. The standard InChI is InChI=1S/C16H14ClN3O/c1-10(18)11-6-8-19-15(9-11)21-14-5-4-13(17)12-3-2-7-20-16(12)14/h2-10H,18H2,1H3/t10-/m1/s1. The van der Waals surface area contributed by atoms with E-state index in [1.165, 1.54) is 0 Å². The zero-order valence-electron chi connectivity index (χ0n) is 11.5. The molecule has 1 atom stereocenters. The average molecular weight is 300 g/mol. The fourth-order valence-electron chi connectivity index (χ4n) is 2.07. The number of hydrogen-bond acceptors (Lipinski definition) is 4. The summed E-state index contributed by atoms with van der Waals surface area (Å²) in [6, 6.07) is 10.9. The van der Waals surface area contributed by atoms with Gasteiger partial charge in [-0.3, -0.25) is 4.98 Å². The fourth-order valence-corrected chi connectivity index (χ4v) is 2.29. The van der Waals surface area contributed by atoms with Gasteiger partial charge in [0.2, 0.25) is 5.88 Å². The van der Waals surface area contributed by atoms with Crippen LogP contribution in [0.15, 0.2) is 48.8 Å². The van der Waals surface area contributed by atoms with Crippen LogP contribution >= 0.6 is 11.6 Å². The molecule has 0 saturated carbocycles. The summed E-state index contributed by atoms with van der Waals surface area (Å²) in [7, 11) is 0. The molecule has 2 aromatic heterocycles. The summed E-state index contributed by atoms with van der Waals surface area (Å²) in [4.78, 5) is 8.54. The number of halogens is 1. The van der Waals surface area contributed by atoms with Crippen molar-refractivity contribution in [3.05, 3.63) is 59.4 Å². The molecule has 0 aliphatic rings. The first-order chi connectivity index (χ1) is 10.1. The number of ether oxygens (including phenoxy) is 1. The van der Waals surface area contributed by atoms with Crippen molar-refractivity contribution in [3.63, 3.8) is 0 Å². The monoisotopic (exact) mass is 299 g/mol. The van der Waals surface area contributed by atoms with Crippen LogP contribution in [0.2, 0.25) is 5.02 Å². The Balaban J connectivity index is 2.02. The first-order valence-corrected chi connectivity index (χ1v) is 6.95. The minimum absolute atomic E-state index is 0.0737. The second-order valence-electron chi connectivity index (χ2n) is 4.76. The summed E-state index contributed by atoms with van der Waals surface area (Å²) in [5.74, 6) is 1.10. The lowest BCUT2D eigenvalue weighted by Crippen LogP contribution is -2.05. The van der Waals surface area contributed by atoms with E-state index < -0.39 is 0 Å². The van der Waals surface area contributed by atoms with Gasteiger partial charge in [0.05, 0.1) is 5.02 Å². The largest absolute Gasteiger partial charge is 0.437 e. The Morgan fingerprint density at radius 3 is 2.81 bits per heavy atom. The molecule has 4 nitrogen and oxygen atoms in total. The molecule has 0 aliphatic heterocycles. The van der Waals surface area contributed by atoms with E-state index in [9.17, 15) is 0 Å². The van der Waals surface area contributed by atoms with Gasteiger partial charge in [0.25, 0.3) is 0 Å². The smallest absolute Gasteiger partial charge is 0.219 e. The molecule has 21 heavy (non-hydrogen) atoms. The van der Waals surface area contributed by atoms with Crippen LogP contribution in [0.4, 0.5) is 0 Å². The molecular weight excluding hydrogens is 286 g/mol. The summed E-state index contributed by atoms with van der Waals surface area (Å²) in [5.41, 5.74) is 7.54. The number of fused-ring (bicyclic) bond motifs is 1. The van der Waals surface area contributed by atoms with E-state index in [2.05, 4.69) is 9.97 Å². The van der Waals surface area contributed by atoms with Gasteiger partial charge in [-0.2, -0.15) is 0 Å². The third-order valence-corrected chi connectivity index (χ3v) is 3.51. The minimum Gasteiger partial charge on any atom is -0.437 e. The molecule has 1 aromatic carbocycles. The second-order valence-corrected chi connectivity index (χ2v) is 5.17. The topological polar surface area (TPSA) is 61.0 Å². The predicted octanol–water partition coefficient (Wildman–Crippen LogP) is 4.10. The van der Waals surface area contributed by atoms with Crippen molar-refractivity contribution in [1.29, 1.82) is 0 Å². The molecule has 2 N–H and O–H groups in total. The van der Waals surface area contributed by atoms with Crippen molar-refractivity contribution in [1.82, 2.24) is 9.97 Å². The Hall–Kier alpha value is -2.17. The molecule has 0 aliphatic carbocycles. The van der Waals surface area contributed by atoms with Gasteiger partial charge in [-0.05, 0) is 42.8 Å². The Kier molecular flexibility index (Phi) is 3.73. The highest BCUT2D eigenvalue weighted by Crippen LogP contribution is 2.32. The number of benzene rings is 1. The van der Waals surface area contributed by atoms with Gasteiger partial charge in [-0.1, -0.05) is 11.6 Å². The third-order valence-electron chi connectivity index (χ3n) is 3.18. The minimum atomic E-state index is -0.0737. The molecule has 0 saturated heterocycles. The number of nitrogens with two attached hydrogens (primary N) is 1. The second kappa shape index (κ2) is 5.68. The molecule has 3 rings (SSSR count). The highest BCUT2D eigenvalue weighted by Gasteiger charge is 2.09. The van der Waals surface area contributed by atoms with Crippen molar-refractivity contribution < 1.29 is 4.74 Å². The van der Waals surface area contributed by atoms with E-state index in [0.717, 1.165) is 10.9 Å². The van der Waals surface area contributed by atoms with Gasteiger partial charge in [0, 0.05) is 29.9 Å². The zero-order valence-corrected chi connectivity index (χ0v) is 12.2. The predicted molar refractivity (Wildman–Crippen MR) is 83.7 cm³/mol. The van der Waals surface area contributed by atoms with Gasteiger partial charge < -0.3 is 10.5 Å². The molecular formula is C16H14ClN3O. The van der Waals surface area contributed by atoms with E-state index >= 15 is 0 Å². The van der Waals surface area contributed by atoms with Crippen LogP contribution in [0.25, 0.3) is 10.9 Å². The number of rotatable bonds is 3. The number of nitrogens with zero attached hydrogens (tertiary/aromatic N) is 2. The molecule has 0 unspecified atom stereocenters. The SMILES string of the molecule is C[C@@H](N)c1ccnc(Oc2ccc(Cl)c3cccnc23)c1. The molecule has 0 radical (unpaired) electrons. The Morgan fingerprint density at radius 2 is 2.00 bits per heavy atom. The highest BCUT2D eigenvalue weighted by atomic mass is 35.5. The van der Waals surface area contributed by atoms with Crippen LogP contribution in [-0.2, 0) is 0 Å². The average Bonchev–Trinajstić information content (AvgIpc) is 2.51. The lowest BCUT2D eigenvalue weighted by molar-refractivity contribution is 0.465. The first-order valence-electron chi connectivity index (χ1n) is 6.58. The van der Waals surface area contributed by atoms with E-state index in [4.69, 9.17) is 22.1 Å². The molecule has 0 fully saturated rings. The summed E-state index contributed by atoms with van der Waals surface area (Å²) >= 11 is 6.17. The quantitative estimate of drug-likeness (QED) is 0.791. The van der Waals surface area contributed by atoms with Crippen molar-refractivity contribution in [2.24, 2.45) is 5.73 Å². The van der Waals surface area contributed by atoms with Crippen LogP contribution in [-0.4, -0.2) is 9.97 Å². The molecule has 0 amide bonds. The first kappa shape index (κ1) is 13.8. The van der Waals surface area contributed by atoms with Crippen molar-refractivity contribution in [3.8, 4) is 11.6 Å². The maximum absolute atomic E-state index is 6.17. The van der Waals surface area contributed by atoms with E-state index in [1.54, 1.807) is 24.5 Å². The normalized spacial score (nSPS) is 12.3. The highest BCUT2D eigenvalue weighted by molar-refractivity contribution is 6.35. The molecule has 0 bridgehead atoms. The zero-order chi connectivity index (χ0) is 14.8. The van der Waals surface area contributed by atoms with Crippen molar-refractivity contribution in [2.45, 2.75) is 13.0 Å². The lowest BCUT2D eigenvalue weighted by Gasteiger charge is -2.10. The van der Waals surface area contributed by atoms with E-state index in [0.29, 0.717) is 22.2 Å². The Morgan fingerprint density at radius 1 is 1.14 bits per heavy atom. The molecule has 0 spiro atoms. The fraction of sp³-hybridized carbons (Fsp3) is 0.125. The van der Waals surface area contributed by atoms with Crippen LogP contribution < -0.4 is 10.5 Å². The molecule has 5 heteroatoms. The van der Waals surface area contributed by atoms with Gasteiger partial charge in [-0.25, -0.2) is 4.98 Å². The summed E-state index contributed by atoms with van der Waals surface area (Å²) in [6.45, 7) is 1.92. The van der Waals surface area contributed by atoms with Crippen LogP contribution in [0, 0.1) is 0 Å². The Labute approximate surface area is 127 Å². The van der Waals surface area contributed by atoms with Gasteiger partial charge in [0.15, 0.2) is 5.75 Å². The summed E-state index contributed by atoms with van der Waals surface area (Å²) < 4.78 is 5.85. The molecule has 3 aromatic rings. The van der Waals surface area contributed by atoms with Gasteiger partial charge in [-0.15, -0.1) is 0 Å². The van der Waals surface area contributed by atoms with Crippen molar-refractivity contribution in [2.75, 3.05) is 0 Å². The van der Waals surface area contributed by atoms with E-state index in [-0.39, 0.29) is 6.04 Å². The lowest BCUT2D eigenvalue weighted by atomic mass is 10.1. The summed E-state index contributed by atoms with van der Waals surface area (Å²) in [6.07, 6.45) is 3.39. The van der Waals surface area contributed by atoms with Gasteiger partial charge in [0.1, 0.15) is 5.52 Å².